The number of methoxy groups -OCH3 is 2. The molecule has 0 saturated heterocycles. The number of H-pyrrole nitrogens is 1. The van der Waals surface area contributed by atoms with Crippen molar-refractivity contribution >= 4 is 10.9 Å². The second-order valence-electron chi connectivity index (χ2n) is 8.84. The van der Waals surface area contributed by atoms with Crippen LogP contribution in [-0.2, 0) is 16.6 Å². The minimum atomic E-state index is -4.96. The molecule has 3 aromatic rings. The van der Waals surface area contributed by atoms with Gasteiger partial charge in [0.25, 0.3) is 0 Å². The van der Waals surface area contributed by atoms with E-state index in [0.717, 1.165) is 12.1 Å². The molecule has 3 rings (SSSR count). The lowest BCUT2D eigenvalue weighted by molar-refractivity contribution is -0.266. The molecule has 0 aliphatic carbocycles. The molecule has 2 unspecified atom stereocenters. The van der Waals surface area contributed by atoms with Gasteiger partial charge in [-0.3, -0.25) is 0 Å². The summed E-state index contributed by atoms with van der Waals surface area (Å²) >= 11 is 0. The van der Waals surface area contributed by atoms with E-state index in [1.165, 1.54) is 40.2 Å². The molecule has 1 heterocycles. The minimum Gasteiger partial charge on any atom is -0.496 e. The Labute approximate surface area is 189 Å². The maximum atomic E-state index is 14.2. The third kappa shape index (κ3) is 5.15. The molecule has 3 N–H and O–H groups in total. The lowest BCUT2D eigenvalue weighted by Crippen LogP contribution is -2.51. The average Bonchev–Trinajstić information content (AvgIpc) is 3.12. The van der Waals surface area contributed by atoms with Crippen molar-refractivity contribution in [2.45, 2.75) is 50.2 Å². The van der Waals surface area contributed by atoms with E-state index < -0.39 is 42.1 Å². The van der Waals surface area contributed by atoms with Crippen molar-refractivity contribution in [3.8, 4) is 5.75 Å². The number of hydrogen-bond acceptors (Lipinski definition) is 4. The normalized spacial score (nSPS) is 15.5. The number of rotatable bonds is 8. The Balaban J connectivity index is 1.97. The summed E-state index contributed by atoms with van der Waals surface area (Å²) in [6.07, 6.45) is -7.60. The van der Waals surface area contributed by atoms with Gasteiger partial charge in [0.2, 0.25) is 0 Å². The average molecular weight is 469 g/mol. The Hall–Kier alpha value is -2.62. The molecule has 5 nitrogen and oxygen atoms in total. The molecule has 1 aromatic heterocycles. The zero-order valence-electron chi connectivity index (χ0n) is 18.8. The number of aliphatic hydroxyl groups is 2. The Kier molecular flexibility index (Phi) is 6.79. The number of nitrogens with one attached hydrogen (secondary N) is 1. The van der Waals surface area contributed by atoms with Crippen LogP contribution in [0.2, 0.25) is 0 Å². The van der Waals surface area contributed by atoms with Crippen LogP contribution in [0.5, 0.6) is 5.75 Å². The van der Waals surface area contributed by atoms with Gasteiger partial charge in [-0.15, -0.1) is 0 Å². The Morgan fingerprint density at radius 3 is 2.33 bits per heavy atom. The molecule has 33 heavy (non-hydrogen) atoms. The summed E-state index contributed by atoms with van der Waals surface area (Å²) in [5, 5.41) is 21.3. The Morgan fingerprint density at radius 1 is 1.03 bits per heavy atom. The van der Waals surface area contributed by atoms with Gasteiger partial charge in [0, 0.05) is 35.9 Å². The first kappa shape index (κ1) is 25.0. The van der Waals surface area contributed by atoms with Crippen LogP contribution in [0.15, 0.2) is 42.5 Å². The fourth-order valence-electron chi connectivity index (χ4n) is 4.20. The van der Waals surface area contributed by atoms with Crippen LogP contribution in [0.25, 0.3) is 10.9 Å². The van der Waals surface area contributed by atoms with Crippen molar-refractivity contribution in [2.75, 3.05) is 14.2 Å². The molecule has 0 aliphatic rings. The lowest BCUT2D eigenvalue weighted by Gasteiger charge is -2.38. The van der Waals surface area contributed by atoms with E-state index in [0.29, 0.717) is 16.5 Å². The molecule has 0 radical (unpaired) electrons. The third-order valence-electron chi connectivity index (χ3n) is 5.85. The molecule has 0 saturated carbocycles. The highest BCUT2D eigenvalue weighted by atomic mass is 19.4. The van der Waals surface area contributed by atoms with Crippen LogP contribution >= 0.6 is 0 Å². The predicted octanol–water partition coefficient (Wildman–Crippen LogP) is 5.16. The van der Waals surface area contributed by atoms with Crippen molar-refractivity contribution in [3.05, 3.63) is 65.1 Å². The maximum absolute atomic E-state index is 14.2. The monoisotopic (exact) mass is 469 g/mol. The van der Waals surface area contributed by atoms with Crippen LogP contribution < -0.4 is 4.74 Å². The summed E-state index contributed by atoms with van der Waals surface area (Å²) in [7, 11) is 2.68. The summed E-state index contributed by atoms with van der Waals surface area (Å²) in [6, 6.07) is 9.97. The second kappa shape index (κ2) is 8.96. The number of hydrogen-bond donors (Lipinski definition) is 3. The van der Waals surface area contributed by atoms with Crippen molar-refractivity contribution in [3.63, 3.8) is 0 Å². The van der Waals surface area contributed by atoms with Crippen LogP contribution in [0, 0.1) is 5.82 Å². The van der Waals surface area contributed by atoms with E-state index in [1.807, 2.05) is 0 Å². The van der Waals surface area contributed by atoms with Gasteiger partial charge >= 0.3 is 6.18 Å². The maximum Gasteiger partial charge on any atom is 0.417 e. The van der Waals surface area contributed by atoms with Crippen LogP contribution in [0.4, 0.5) is 17.6 Å². The first-order valence-electron chi connectivity index (χ1n) is 10.3. The first-order chi connectivity index (χ1) is 15.3. The number of benzene rings is 2. The zero-order valence-corrected chi connectivity index (χ0v) is 18.8. The summed E-state index contributed by atoms with van der Waals surface area (Å²) in [5.74, 6) is -0.375. The molecular formula is C24H27F4NO4. The van der Waals surface area contributed by atoms with Crippen molar-refractivity contribution < 1.29 is 37.2 Å². The van der Waals surface area contributed by atoms with Crippen molar-refractivity contribution in [1.82, 2.24) is 4.98 Å². The number of aromatic amines is 1. The Morgan fingerprint density at radius 2 is 1.73 bits per heavy atom. The molecule has 0 spiro atoms. The molecule has 9 heteroatoms. The summed E-state index contributed by atoms with van der Waals surface area (Å²) in [5.41, 5.74) is -3.07. The molecule has 2 atom stereocenters. The first-order valence-corrected chi connectivity index (χ1v) is 10.3. The van der Waals surface area contributed by atoms with Crippen molar-refractivity contribution in [1.29, 1.82) is 0 Å². The highest BCUT2D eigenvalue weighted by molar-refractivity contribution is 5.81. The smallest absolute Gasteiger partial charge is 0.417 e. The van der Waals surface area contributed by atoms with Gasteiger partial charge in [-0.05, 0) is 47.6 Å². The van der Waals surface area contributed by atoms with Gasteiger partial charge in [0.1, 0.15) is 11.6 Å². The van der Waals surface area contributed by atoms with Gasteiger partial charge in [0.05, 0.1) is 7.11 Å². The number of aromatic nitrogens is 1. The third-order valence-corrected chi connectivity index (χ3v) is 5.85. The van der Waals surface area contributed by atoms with E-state index in [1.54, 1.807) is 18.2 Å². The van der Waals surface area contributed by atoms with Gasteiger partial charge < -0.3 is 24.7 Å². The van der Waals surface area contributed by atoms with Gasteiger partial charge in [0.15, 0.2) is 11.9 Å². The SMILES string of the molecule is COc1ccc(F)cc1C(C)(C)CC(O)(Cc1cc2ccc(C(O)OC)cc2[nH]1)C(F)(F)F. The van der Waals surface area contributed by atoms with E-state index in [9.17, 15) is 27.8 Å². The van der Waals surface area contributed by atoms with Gasteiger partial charge in [-0.1, -0.05) is 26.0 Å². The highest BCUT2D eigenvalue weighted by Gasteiger charge is 2.56. The fraction of sp³-hybridized carbons (Fsp3) is 0.417. The summed E-state index contributed by atoms with van der Waals surface area (Å²) in [4.78, 5) is 2.89. The number of ether oxygens (including phenoxy) is 2. The largest absolute Gasteiger partial charge is 0.496 e. The van der Waals surface area contributed by atoms with Gasteiger partial charge in [-0.25, -0.2) is 4.39 Å². The number of halogens is 4. The molecular weight excluding hydrogens is 442 g/mol. The van der Waals surface area contributed by atoms with E-state index >= 15 is 0 Å². The quantitative estimate of drug-likeness (QED) is 0.315. The van der Waals surface area contributed by atoms with E-state index in [2.05, 4.69) is 4.98 Å². The van der Waals surface area contributed by atoms with E-state index in [-0.39, 0.29) is 17.0 Å². The number of fused-ring (bicyclic) bond motifs is 1. The zero-order chi connectivity index (χ0) is 24.6. The highest BCUT2D eigenvalue weighted by Crippen LogP contribution is 2.45. The fourth-order valence-corrected chi connectivity index (χ4v) is 4.20. The topological polar surface area (TPSA) is 74.7 Å². The number of aliphatic hydroxyl groups excluding tert-OH is 1. The van der Waals surface area contributed by atoms with E-state index in [4.69, 9.17) is 9.47 Å². The molecule has 0 fully saturated rings. The molecule has 0 bridgehead atoms. The Bertz CT molecular complexity index is 1130. The summed E-state index contributed by atoms with van der Waals surface area (Å²) in [6.45, 7) is 3.01. The van der Waals surface area contributed by atoms with Crippen molar-refractivity contribution in [2.24, 2.45) is 0 Å². The molecule has 0 aliphatic heterocycles. The number of alkyl halides is 3. The minimum absolute atomic E-state index is 0.163. The lowest BCUT2D eigenvalue weighted by atomic mass is 9.73. The molecule has 2 aromatic carbocycles. The molecule has 0 amide bonds. The molecule has 180 valence electrons. The standard InChI is InChI=1S/C24H27F4NO4/c1-22(2,18-11-16(25)7-8-20(18)32-3)13-23(31,24(26,27)28)12-17-9-14-5-6-15(21(30)33-4)10-19(14)29-17/h5-11,21,29-31H,12-13H2,1-4H3. The summed E-state index contributed by atoms with van der Waals surface area (Å²) < 4.78 is 66.4. The predicted molar refractivity (Wildman–Crippen MR) is 116 cm³/mol. The van der Waals surface area contributed by atoms with Crippen LogP contribution in [0.1, 0.15) is 43.4 Å². The second-order valence-corrected chi connectivity index (χ2v) is 8.84. The van der Waals surface area contributed by atoms with Gasteiger partial charge in [-0.2, -0.15) is 13.2 Å². The van der Waals surface area contributed by atoms with Crippen LogP contribution in [0.3, 0.4) is 0 Å². The van der Waals surface area contributed by atoms with Crippen LogP contribution in [-0.4, -0.2) is 41.2 Å².